The van der Waals surface area contributed by atoms with Gasteiger partial charge < -0.3 is 15.2 Å². The number of nitro groups is 1. The minimum Gasteiger partial charge on any atom is -0.497 e. The number of nitrogen functional groups attached to an aromatic ring is 1. The van der Waals surface area contributed by atoms with Crippen molar-refractivity contribution < 1.29 is 22.8 Å². The van der Waals surface area contributed by atoms with E-state index in [0.29, 0.717) is 0 Å². The quantitative estimate of drug-likeness (QED) is 0.458. The second-order valence-corrected chi connectivity index (χ2v) is 6.60. The van der Waals surface area contributed by atoms with Gasteiger partial charge in [0.15, 0.2) is 0 Å². The molecule has 0 radical (unpaired) electrons. The molecule has 2 N–H and O–H groups in total. The summed E-state index contributed by atoms with van der Waals surface area (Å²) in [6.07, 6.45) is 0.816. The van der Waals surface area contributed by atoms with E-state index in [9.17, 15) is 18.5 Å². The first-order chi connectivity index (χ1) is 11.7. The average molecular weight is 365 g/mol. The third-order valence-electron chi connectivity index (χ3n) is 2.83. The van der Waals surface area contributed by atoms with Gasteiger partial charge in [0.2, 0.25) is 15.7 Å². The SMILES string of the molecule is COc1cc(C#N)cc(Oc2nc(S(C)(=O)=O)nc(N)c2[N+](=O)[O-])c1. The molecule has 25 heavy (non-hydrogen) atoms. The Balaban J connectivity index is 2.64. The van der Waals surface area contributed by atoms with Gasteiger partial charge in [-0.2, -0.15) is 15.2 Å². The molecular formula is C13H11N5O6S. The normalized spacial score (nSPS) is 10.8. The maximum Gasteiger partial charge on any atom is 0.373 e. The van der Waals surface area contributed by atoms with E-state index in [4.69, 9.17) is 20.5 Å². The van der Waals surface area contributed by atoms with Crippen molar-refractivity contribution in [2.24, 2.45) is 0 Å². The number of aromatic nitrogens is 2. The lowest BCUT2D eigenvalue weighted by atomic mass is 10.2. The van der Waals surface area contributed by atoms with Crippen LogP contribution in [0.25, 0.3) is 0 Å². The number of nitriles is 1. The molecule has 0 saturated carbocycles. The molecule has 0 aliphatic heterocycles. The summed E-state index contributed by atoms with van der Waals surface area (Å²) in [5.74, 6) is -1.12. The third kappa shape index (κ3) is 3.90. The van der Waals surface area contributed by atoms with E-state index in [1.54, 1.807) is 0 Å². The number of nitrogens with zero attached hydrogens (tertiary/aromatic N) is 4. The Labute approximate surface area is 141 Å². The smallest absolute Gasteiger partial charge is 0.373 e. The van der Waals surface area contributed by atoms with Crippen molar-refractivity contribution in [1.29, 1.82) is 5.26 Å². The molecule has 11 nitrogen and oxygen atoms in total. The zero-order valence-corrected chi connectivity index (χ0v) is 13.8. The van der Waals surface area contributed by atoms with E-state index >= 15 is 0 Å². The summed E-state index contributed by atoms with van der Waals surface area (Å²) in [5.41, 5.74) is 4.83. The molecule has 0 atom stereocenters. The summed E-state index contributed by atoms with van der Waals surface area (Å²) in [4.78, 5) is 17.3. The fourth-order valence-electron chi connectivity index (χ4n) is 1.76. The lowest BCUT2D eigenvalue weighted by Gasteiger charge is -2.09. The molecule has 12 heteroatoms. The van der Waals surface area contributed by atoms with Crippen LogP contribution >= 0.6 is 0 Å². The van der Waals surface area contributed by atoms with Crippen LogP contribution in [0.5, 0.6) is 17.4 Å². The Kier molecular flexibility index (Phi) is 4.70. The number of anilines is 1. The van der Waals surface area contributed by atoms with Gasteiger partial charge in [-0.3, -0.25) is 10.1 Å². The van der Waals surface area contributed by atoms with Crippen LogP contribution in [0.2, 0.25) is 0 Å². The number of hydrogen-bond donors (Lipinski definition) is 1. The van der Waals surface area contributed by atoms with Crippen LogP contribution in [0.1, 0.15) is 5.56 Å². The van der Waals surface area contributed by atoms with E-state index in [1.165, 1.54) is 25.3 Å². The van der Waals surface area contributed by atoms with Crippen LogP contribution in [-0.4, -0.2) is 36.7 Å². The molecule has 0 unspecified atom stereocenters. The van der Waals surface area contributed by atoms with Crippen LogP contribution in [0.3, 0.4) is 0 Å². The van der Waals surface area contributed by atoms with E-state index < -0.39 is 37.3 Å². The fourth-order valence-corrected chi connectivity index (χ4v) is 2.28. The standard InChI is InChI=1S/C13H11N5O6S/c1-23-8-3-7(6-14)4-9(5-8)24-12-10(18(19)20)11(15)16-13(17-12)25(2,21)22/h3-5H,1-2H3,(H2,15,16,17). The van der Waals surface area contributed by atoms with Crippen LogP contribution in [0, 0.1) is 21.4 Å². The highest BCUT2D eigenvalue weighted by molar-refractivity contribution is 7.90. The maximum absolute atomic E-state index is 11.6. The highest BCUT2D eigenvalue weighted by Crippen LogP contribution is 2.35. The predicted octanol–water partition coefficient (Wildman–Crippen LogP) is 1.04. The summed E-state index contributed by atoms with van der Waals surface area (Å²) < 4.78 is 33.5. The second kappa shape index (κ2) is 6.57. The molecule has 0 aliphatic rings. The lowest BCUT2D eigenvalue weighted by Crippen LogP contribution is -2.10. The van der Waals surface area contributed by atoms with E-state index in [-0.39, 0.29) is 17.1 Å². The average Bonchev–Trinajstić information content (AvgIpc) is 2.52. The number of nitrogens with two attached hydrogens (primary N) is 1. The third-order valence-corrected chi connectivity index (χ3v) is 3.68. The number of methoxy groups -OCH3 is 1. The first-order valence-corrected chi connectivity index (χ1v) is 8.34. The van der Waals surface area contributed by atoms with Gasteiger partial charge in [0.05, 0.1) is 23.7 Å². The molecule has 2 aromatic rings. The molecule has 0 aliphatic carbocycles. The van der Waals surface area contributed by atoms with E-state index in [2.05, 4.69) is 9.97 Å². The zero-order chi connectivity index (χ0) is 18.8. The number of hydrogen-bond acceptors (Lipinski definition) is 10. The van der Waals surface area contributed by atoms with Crippen LogP contribution in [0.15, 0.2) is 23.4 Å². The summed E-state index contributed by atoms with van der Waals surface area (Å²) in [5, 5.41) is 19.4. The van der Waals surface area contributed by atoms with Gasteiger partial charge in [0.1, 0.15) is 11.5 Å². The molecule has 0 bridgehead atoms. The van der Waals surface area contributed by atoms with Gasteiger partial charge in [0.25, 0.3) is 5.16 Å². The summed E-state index contributed by atoms with van der Waals surface area (Å²) in [6, 6.07) is 5.88. The van der Waals surface area contributed by atoms with Gasteiger partial charge >= 0.3 is 11.6 Å². The van der Waals surface area contributed by atoms with Crippen LogP contribution < -0.4 is 15.2 Å². The Morgan fingerprint density at radius 1 is 1.28 bits per heavy atom. The van der Waals surface area contributed by atoms with Crippen LogP contribution in [-0.2, 0) is 9.84 Å². The van der Waals surface area contributed by atoms with Gasteiger partial charge in [-0.25, -0.2) is 8.42 Å². The van der Waals surface area contributed by atoms with Gasteiger partial charge in [-0.1, -0.05) is 0 Å². The van der Waals surface area contributed by atoms with Gasteiger partial charge in [-0.05, 0) is 12.1 Å². The molecular weight excluding hydrogens is 354 g/mol. The van der Waals surface area contributed by atoms with Crippen molar-refractivity contribution >= 4 is 21.3 Å². The first kappa shape index (κ1) is 17.9. The molecule has 2 rings (SSSR count). The summed E-state index contributed by atoms with van der Waals surface area (Å²) in [7, 11) is -2.54. The molecule has 1 heterocycles. The van der Waals surface area contributed by atoms with Crippen molar-refractivity contribution in [2.45, 2.75) is 5.16 Å². The Bertz CT molecular complexity index is 999. The Morgan fingerprint density at radius 2 is 1.92 bits per heavy atom. The fraction of sp³-hybridized carbons (Fsp3) is 0.154. The van der Waals surface area contributed by atoms with Gasteiger partial charge in [0, 0.05) is 12.3 Å². The highest BCUT2D eigenvalue weighted by Gasteiger charge is 2.28. The van der Waals surface area contributed by atoms with Crippen molar-refractivity contribution in [2.75, 3.05) is 19.1 Å². The van der Waals surface area contributed by atoms with Crippen molar-refractivity contribution in [3.05, 3.63) is 33.9 Å². The van der Waals surface area contributed by atoms with Crippen LogP contribution in [0.4, 0.5) is 11.5 Å². The number of ether oxygens (including phenoxy) is 2. The number of rotatable bonds is 5. The molecule has 0 fully saturated rings. The first-order valence-electron chi connectivity index (χ1n) is 6.44. The topological polar surface area (TPSA) is 171 Å². The minimum absolute atomic E-state index is 0.0310. The Hall–Kier alpha value is -3.46. The second-order valence-electron chi connectivity index (χ2n) is 4.69. The number of benzene rings is 1. The number of sulfone groups is 1. The predicted molar refractivity (Wildman–Crippen MR) is 84.0 cm³/mol. The highest BCUT2D eigenvalue weighted by atomic mass is 32.2. The minimum atomic E-state index is -3.89. The molecule has 0 spiro atoms. The molecule has 1 aromatic heterocycles. The monoisotopic (exact) mass is 365 g/mol. The Morgan fingerprint density at radius 3 is 2.44 bits per heavy atom. The maximum atomic E-state index is 11.6. The largest absolute Gasteiger partial charge is 0.497 e. The van der Waals surface area contributed by atoms with Gasteiger partial charge in [-0.15, -0.1) is 0 Å². The molecule has 1 aromatic carbocycles. The van der Waals surface area contributed by atoms with E-state index in [1.807, 2.05) is 6.07 Å². The lowest BCUT2D eigenvalue weighted by molar-refractivity contribution is -0.385. The van der Waals surface area contributed by atoms with Crippen molar-refractivity contribution in [1.82, 2.24) is 9.97 Å². The van der Waals surface area contributed by atoms with E-state index in [0.717, 1.165) is 6.26 Å². The summed E-state index contributed by atoms with van der Waals surface area (Å²) in [6.45, 7) is 0. The molecule has 0 amide bonds. The molecule has 0 saturated heterocycles. The molecule has 130 valence electrons. The van der Waals surface area contributed by atoms with Crippen molar-refractivity contribution in [3.63, 3.8) is 0 Å². The zero-order valence-electron chi connectivity index (χ0n) is 13.0. The van der Waals surface area contributed by atoms with Crippen molar-refractivity contribution in [3.8, 4) is 23.4 Å². The summed E-state index contributed by atoms with van der Waals surface area (Å²) >= 11 is 0.